The number of carbonyl (C=O) groups excluding carboxylic acids is 2. The number of nitrogens with zero attached hydrogens (tertiary/aromatic N) is 2. The normalized spacial score (nSPS) is 20.1. The Morgan fingerprint density at radius 1 is 1.03 bits per heavy atom. The van der Waals surface area contributed by atoms with Crippen LogP contribution in [0, 0.1) is 13.8 Å². The predicted molar refractivity (Wildman–Crippen MR) is 121 cm³/mol. The molecule has 1 heterocycles. The Balaban J connectivity index is 1.73. The Morgan fingerprint density at radius 3 is 2.50 bits per heavy atom. The van der Waals surface area contributed by atoms with E-state index >= 15 is 0 Å². The van der Waals surface area contributed by atoms with Crippen LogP contribution in [-0.2, 0) is 4.79 Å². The van der Waals surface area contributed by atoms with Crippen LogP contribution in [0.5, 0.6) is 0 Å². The Hall–Kier alpha value is -2.66. The third-order valence-electron chi connectivity index (χ3n) is 6.47. The van der Waals surface area contributed by atoms with E-state index in [2.05, 4.69) is 17.0 Å². The van der Waals surface area contributed by atoms with E-state index in [1.54, 1.807) is 4.90 Å². The van der Waals surface area contributed by atoms with Gasteiger partial charge in [0.25, 0.3) is 0 Å². The van der Waals surface area contributed by atoms with E-state index in [0.29, 0.717) is 18.2 Å². The van der Waals surface area contributed by atoms with Gasteiger partial charge >= 0.3 is 0 Å². The zero-order valence-electron chi connectivity index (χ0n) is 17.9. The summed E-state index contributed by atoms with van der Waals surface area (Å²) in [4.78, 5) is 30.4. The first-order valence-corrected chi connectivity index (χ1v) is 11.0. The molecule has 158 valence electrons. The zero-order valence-corrected chi connectivity index (χ0v) is 17.9. The van der Waals surface area contributed by atoms with Crippen molar-refractivity contribution in [3.05, 3.63) is 59.2 Å². The Labute approximate surface area is 178 Å². The van der Waals surface area contributed by atoms with Gasteiger partial charge in [-0.2, -0.15) is 0 Å². The zero-order chi connectivity index (χ0) is 21.3. The number of fused-ring (bicyclic) bond motifs is 1. The molecular weight excluding hydrogens is 374 g/mol. The minimum absolute atomic E-state index is 0.00630. The molecule has 0 saturated heterocycles. The number of aryl methyl sites for hydroxylation is 2. The highest BCUT2D eigenvalue weighted by Crippen LogP contribution is 2.37. The lowest BCUT2D eigenvalue weighted by atomic mass is 9.93. The van der Waals surface area contributed by atoms with Gasteiger partial charge < -0.3 is 15.5 Å². The fraction of sp³-hybridized carbons (Fsp3) is 0.440. The number of anilines is 2. The fourth-order valence-corrected chi connectivity index (χ4v) is 4.82. The monoisotopic (exact) mass is 405 g/mol. The average molecular weight is 406 g/mol. The topological polar surface area (TPSA) is 66.6 Å². The first kappa shape index (κ1) is 20.6. The first-order chi connectivity index (χ1) is 14.5. The van der Waals surface area contributed by atoms with Crippen LogP contribution >= 0.6 is 0 Å². The molecule has 5 nitrogen and oxygen atoms in total. The van der Waals surface area contributed by atoms with Gasteiger partial charge in [-0.15, -0.1) is 0 Å². The predicted octanol–water partition coefficient (Wildman–Crippen LogP) is 4.00. The summed E-state index contributed by atoms with van der Waals surface area (Å²) in [6.45, 7) is 4.44. The van der Waals surface area contributed by atoms with Crippen LogP contribution < -0.4 is 15.5 Å². The van der Waals surface area contributed by atoms with Crippen molar-refractivity contribution < 1.29 is 9.59 Å². The van der Waals surface area contributed by atoms with Crippen LogP contribution in [0.15, 0.2) is 42.5 Å². The molecule has 2 aliphatic rings. The second kappa shape index (κ2) is 8.60. The average Bonchev–Trinajstić information content (AvgIpc) is 2.85. The number of amides is 1. The van der Waals surface area contributed by atoms with E-state index in [1.807, 2.05) is 44.2 Å². The largest absolute Gasteiger partial charge is 0.365 e. The molecule has 1 aliphatic heterocycles. The quantitative estimate of drug-likeness (QED) is 0.781. The lowest BCUT2D eigenvalue weighted by Gasteiger charge is -2.36. The molecule has 30 heavy (non-hydrogen) atoms. The number of hydrogen-bond acceptors (Lipinski definition) is 4. The SMILES string of the molecule is Cc1ccc2c(c1)N(CC(=O)c1ccccc1C)C(=O)C(N)CN2C1CCCCC1. The third-order valence-corrected chi connectivity index (χ3v) is 6.47. The van der Waals surface area contributed by atoms with Gasteiger partial charge in [0.2, 0.25) is 5.91 Å². The summed E-state index contributed by atoms with van der Waals surface area (Å²) < 4.78 is 0. The summed E-state index contributed by atoms with van der Waals surface area (Å²) in [5, 5.41) is 0. The lowest BCUT2D eigenvalue weighted by molar-refractivity contribution is -0.119. The van der Waals surface area contributed by atoms with Gasteiger partial charge in [0, 0.05) is 18.2 Å². The summed E-state index contributed by atoms with van der Waals surface area (Å²) >= 11 is 0. The number of benzene rings is 2. The van der Waals surface area contributed by atoms with Crippen LogP contribution in [0.4, 0.5) is 11.4 Å². The molecule has 2 aromatic rings. The molecule has 1 saturated carbocycles. The highest BCUT2D eigenvalue weighted by molar-refractivity contribution is 6.09. The highest BCUT2D eigenvalue weighted by atomic mass is 16.2. The molecule has 1 aliphatic carbocycles. The van der Waals surface area contributed by atoms with Crippen LogP contribution in [-0.4, -0.2) is 36.9 Å². The van der Waals surface area contributed by atoms with Crippen molar-refractivity contribution in [3.8, 4) is 0 Å². The minimum Gasteiger partial charge on any atom is -0.365 e. The van der Waals surface area contributed by atoms with Gasteiger partial charge in [0.05, 0.1) is 17.9 Å². The highest BCUT2D eigenvalue weighted by Gasteiger charge is 2.35. The number of rotatable bonds is 4. The minimum atomic E-state index is -0.649. The van der Waals surface area contributed by atoms with Crippen LogP contribution in [0.3, 0.4) is 0 Å². The van der Waals surface area contributed by atoms with Crippen LogP contribution in [0.2, 0.25) is 0 Å². The molecule has 0 radical (unpaired) electrons. The molecule has 1 amide bonds. The Kier molecular flexibility index (Phi) is 5.91. The van der Waals surface area contributed by atoms with Crippen molar-refractivity contribution in [2.24, 2.45) is 5.73 Å². The Bertz CT molecular complexity index is 949. The number of hydrogen-bond donors (Lipinski definition) is 1. The second-order valence-electron chi connectivity index (χ2n) is 8.71. The molecule has 1 unspecified atom stereocenters. The fourth-order valence-electron chi connectivity index (χ4n) is 4.82. The molecule has 5 heteroatoms. The standard InChI is InChI=1S/C25H31N3O2/c1-17-12-13-22-23(14-17)28(16-24(29)20-11-7-6-8-18(20)2)25(30)21(26)15-27(22)19-9-4-3-5-10-19/h6-8,11-14,19,21H,3-5,9-10,15-16,26H2,1-2H3. The van der Waals surface area contributed by atoms with Gasteiger partial charge in [-0.3, -0.25) is 9.59 Å². The van der Waals surface area contributed by atoms with Crippen LogP contribution in [0.1, 0.15) is 53.6 Å². The molecule has 0 aromatic heterocycles. The summed E-state index contributed by atoms with van der Waals surface area (Å²) in [5.41, 5.74) is 10.8. The summed E-state index contributed by atoms with van der Waals surface area (Å²) in [5.74, 6) is -0.241. The lowest BCUT2D eigenvalue weighted by Crippen LogP contribution is -2.50. The number of Topliss-reactive ketones (excluding diaryl/α,β-unsaturated/α-hetero) is 1. The van der Waals surface area contributed by atoms with E-state index in [0.717, 1.165) is 35.3 Å². The maximum Gasteiger partial charge on any atom is 0.246 e. The summed E-state index contributed by atoms with van der Waals surface area (Å²) in [6, 6.07) is 13.5. The van der Waals surface area contributed by atoms with Crippen molar-refractivity contribution in [1.29, 1.82) is 0 Å². The van der Waals surface area contributed by atoms with Gasteiger partial charge in [-0.05, 0) is 49.9 Å². The van der Waals surface area contributed by atoms with Crippen LogP contribution in [0.25, 0.3) is 0 Å². The molecule has 2 aromatic carbocycles. The van der Waals surface area contributed by atoms with Crippen molar-refractivity contribution >= 4 is 23.1 Å². The molecule has 0 bridgehead atoms. The summed E-state index contributed by atoms with van der Waals surface area (Å²) in [6.07, 6.45) is 5.93. The number of nitrogens with two attached hydrogens (primary N) is 1. The van der Waals surface area contributed by atoms with Crippen molar-refractivity contribution in [2.75, 3.05) is 22.9 Å². The van der Waals surface area contributed by atoms with E-state index in [-0.39, 0.29) is 18.2 Å². The second-order valence-corrected chi connectivity index (χ2v) is 8.71. The summed E-state index contributed by atoms with van der Waals surface area (Å²) in [7, 11) is 0. The van der Waals surface area contributed by atoms with E-state index in [1.165, 1.54) is 19.3 Å². The van der Waals surface area contributed by atoms with Crippen molar-refractivity contribution in [1.82, 2.24) is 0 Å². The number of ketones is 1. The molecule has 2 N–H and O–H groups in total. The maximum atomic E-state index is 13.3. The third kappa shape index (κ3) is 3.99. The number of carbonyl (C=O) groups is 2. The molecular formula is C25H31N3O2. The maximum absolute atomic E-state index is 13.3. The molecule has 4 rings (SSSR count). The van der Waals surface area contributed by atoms with E-state index < -0.39 is 6.04 Å². The van der Waals surface area contributed by atoms with Crippen molar-refractivity contribution in [3.63, 3.8) is 0 Å². The smallest absolute Gasteiger partial charge is 0.246 e. The molecule has 1 atom stereocenters. The van der Waals surface area contributed by atoms with Gasteiger partial charge in [0.1, 0.15) is 6.04 Å². The molecule has 1 fully saturated rings. The van der Waals surface area contributed by atoms with E-state index in [4.69, 9.17) is 5.73 Å². The van der Waals surface area contributed by atoms with Gasteiger partial charge in [-0.1, -0.05) is 49.6 Å². The van der Waals surface area contributed by atoms with Gasteiger partial charge in [0.15, 0.2) is 5.78 Å². The Morgan fingerprint density at radius 2 is 1.77 bits per heavy atom. The molecule has 0 spiro atoms. The van der Waals surface area contributed by atoms with Crippen molar-refractivity contribution in [2.45, 2.75) is 58.0 Å². The first-order valence-electron chi connectivity index (χ1n) is 11.0. The van der Waals surface area contributed by atoms with E-state index in [9.17, 15) is 9.59 Å². The van der Waals surface area contributed by atoms with Gasteiger partial charge in [-0.25, -0.2) is 0 Å².